The summed E-state index contributed by atoms with van der Waals surface area (Å²) in [5.41, 5.74) is 2.28. The molecule has 1 N–H and O–H groups in total. The SMILES string of the molecule is Cc1cc(C(=O)N(C)CCS(=O)c2ccccc2)ccc1CO. The van der Waals surface area contributed by atoms with E-state index in [9.17, 15) is 14.1 Å². The summed E-state index contributed by atoms with van der Waals surface area (Å²) in [7, 11) is 0.595. The zero-order chi connectivity index (χ0) is 16.8. The van der Waals surface area contributed by atoms with Crippen LogP contribution in [0.3, 0.4) is 0 Å². The van der Waals surface area contributed by atoms with Crippen LogP contribution in [0.4, 0.5) is 0 Å². The van der Waals surface area contributed by atoms with Gasteiger partial charge in [-0.1, -0.05) is 24.3 Å². The highest BCUT2D eigenvalue weighted by Gasteiger charge is 2.14. The lowest BCUT2D eigenvalue weighted by Gasteiger charge is -2.17. The minimum absolute atomic E-state index is 0.0355. The highest BCUT2D eigenvalue weighted by molar-refractivity contribution is 7.85. The second-order valence-corrected chi connectivity index (χ2v) is 6.96. The first-order valence-electron chi connectivity index (χ1n) is 7.42. The van der Waals surface area contributed by atoms with E-state index in [-0.39, 0.29) is 12.5 Å². The van der Waals surface area contributed by atoms with Crippen LogP contribution in [0.1, 0.15) is 21.5 Å². The van der Waals surface area contributed by atoms with Gasteiger partial charge in [0, 0.05) is 29.8 Å². The van der Waals surface area contributed by atoms with Crippen molar-refractivity contribution in [1.82, 2.24) is 4.90 Å². The number of amides is 1. The fraction of sp³-hybridized carbons (Fsp3) is 0.278. The van der Waals surface area contributed by atoms with Crippen LogP contribution in [0.2, 0.25) is 0 Å². The van der Waals surface area contributed by atoms with Gasteiger partial charge in [-0.3, -0.25) is 9.00 Å². The molecule has 2 aromatic rings. The molecule has 1 atom stereocenters. The van der Waals surface area contributed by atoms with Crippen molar-refractivity contribution in [2.45, 2.75) is 18.4 Å². The van der Waals surface area contributed by atoms with Crippen LogP contribution in [0, 0.1) is 6.92 Å². The topological polar surface area (TPSA) is 57.6 Å². The first-order chi connectivity index (χ1) is 11.0. The monoisotopic (exact) mass is 331 g/mol. The molecule has 0 aliphatic carbocycles. The molecule has 5 heteroatoms. The molecule has 0 aliphatic heterocycles. The molecule has 0 bridgehead atoms. The lowest BCUT2D eigenvalue weighted by atomic mass is 10.1. The lowest BCUT2D eigenvalue weighted by molar-refractivity contribution is 0.0803. The van der Waals surface area contributed by atoms with E-state index in [1.54, 1.807) is 30.1 Å². The van der Waals surface area contributed by atoms with E-state index in [2.05, 4.69) is 0 Å². The predicted molar refractivity (Wildman–Crippen MR) is 91.8 cm³/mol. The molecule has 2 aromatic carbocycles. The molecule has 0 spiro atoms. The Labute approximate surface area is 139 Å². The second kappa shape index (κ2) is 8.04. The third-order valence-electron chi connectivity index (χ3n) is 3.72. The molecule has 0 saturated carbocycles. The van der Waals surface area contributed by atoms with Crippen molar-refractivity contribution in [3.8, 4) is 0 Å². The predicted octanol–water partition coefficient (Wildman–Crippen LogP) is 2.37. The molecule has 1 amide bonds. The Morgan fingerprint density at radius 3 is 2.48 bits per heavy atom. The Bertz CT molecular complexity index is 701. The van der Waals surface area contributed by atoms with Crippen LogP contribution >= 0.6 is 0 Å². The highest BCUT2D eigenvalue weighted by Crippen LogP contribution is 2.13. The Morgan fingerprint density at radius 2 is 1.87 bits per heavy atom. The number of nitrogens with zero attached hydrogens (tertiary/aromatic N) is 1. The first-order valence-corrected chi connectivity index (χ1v) is 8.74. The standard InChI is InChI=1S/C18H21NO3S/c1-14-12-15(8-9-16(14)13-20)18(21)19(2)10-11-23(22)17-6-4-3-5-7-17/h3-9,12,20H,10-11,13H2,1-2H3. The van der Waals surface area contributed by atoms with Gasteiger partial charge in [0.1, 0.15) is 0 Å². The number of carbonyl (C=O) groups is 1. The van der Waals surface area contributed by atoms with Crippen molar-refractivity contribution in [2.24, 2.45) is 0 Å². The number of aryl methyl sites for hydroxylation is 1. The smallest absolute Gasteiger partial charge is 0.253 e. The van der Waals surface area contributed by atoms with Crippen LogP contribution in [0.15, 0.2) is 53.4 Å². The highest BCUT2D eigenvalue weighted by atomic mass is 32.2. The Kier molecular flexibility index (Phi) is 6.07. The van der Waals surface area contributed by atoms with Gasteiger partial charge in [-0.15, -0.1) is 0 Å². The fourth-order valence-electron chi connectivity index (χ4n) is 2.24. The molecule has 4 nitrogen and oxygen atoms in total. The number of rotatable bonds is 6. The lowest BCUT2D eigenvalue weighted by Crippen LogP contribution is -2.30. The number of benzene rings is 2. The summed E-state index contributed by atoms with van der Waals surface area (Å²) in [6.45, 7) is 2.25. The molecule has 0 fully saturated rings. The van der Waals surface area contributed by atoms with E-state index in [4.69, 9.17) is 0 Å². The Balaban J connectivity index is 1.97. The quantitative estimate of drug-likeness (QED) is 0.884. The van der Waals surface area contributed by atoms with Crippen molar-refractivity contribution in [3.63, 3.8) is 0 Å². The van der Waals surface area contributed by atoms with Crippen LogP contribution in [-0.4, -0.2) is 39.5 Å². The summed E-state index contributed by atoms with van der Waals surface area (Å²) >= 11 is 0. The minimum Gasteiger partial charge on any atom is -0.392 e. The van der Waals surface area contributed by atoms with Crippen molar-refractivity contribution in [1.29, 1.82) is 0 Å². The van der Waals surface area contributed by atoms with Crippen molar-refractivity contribution in [2.75, 3.05) is 19.3 Å². The molecular weight excluding hydrogens is 310 g/mol. The molecule has 0 aromatic heterocycles. The normalized spacial score (nSPS) is 12.0. The third-order valence-corrected chi connectivity index (χ3v) is 5.08. The van der Waals surface area contributed by atoms with Crippen LogP contribution < -0.4 is 0 Å². The molecule has 0 aliphatic rings. The number of hydrogen-bond donors (Lipinski definition) is 1. The van der Waals surface area contributed by atoms with Crippen LogP contribution in [-0.2, 0) is 17.4 Å². The zero-order valence-corrected chi connectivity index (χ0v) is 14.2. The maximum absolute atomic E-state index is 12.4. The van der Waals surface area contributed by atoms with E-state index >= 15 is 0 Å². The molecule has 23 heavy (non-hydrogen) atoms. The van der Waals surface area contributed by atoms with Gasteiger partial charge in [-0.25, -0.2) is 0 Å². The first kappa shape index (κ1) is 17.4. The second-order valence-electron chi connectivity index (χ2n) is 5.39. The molecule has 122 valence electrons. The van der Waals surface area contributed by atoms with Gasteiger partial charge in [0.15, 0.2) is 0 Å². The van der Waals surface area contributed by atoms with Crippen molar-refractivity contribution >= 4 is 16.7 Å². The third kappa shape index (κ3) is 4.50. The zero-order valence-electron chi connectivity index (χ0n) is 13.4. The van der Waals surface area contributed by atoms with E-state index in [0.717, 1.165) is 16.0 Å². The van der Waals surface area contributed by atoms with Gasteiger partial charge in [-0.05, 0) is 42.3 Å². The fourth-order valence-corrected chi connectivity index (χ4v) is 3.37. The number of aliphatic hydroxyl groups is 1. The van der Waals surface area contributed by atoms with Gasteiger partial charge in [-0.2, -0.15) is 0 Å². The Morgan fingerprint density at radius 1 is 1.17 bits per heavy atom. The van der Waals surface area contributed by atoms with E-state index in [1.807, 2.05) is 37.3 Å². The summed E-state index contributed by atoms with van der Waals surface area (Å²) in [5.74, 6) is 0.294. The van der Waals surface area contributed by atoms with E-state index < -0.39 is 10.8 Å². The number of hydrogen-bond acceptors (Lipinski definition) is 3. The van der Waals surface area contributed by atoms with E-state index in [1.165, 1.54) is 0 Å². The average molecular weight is 331 g/mol. The molecule has 0 radical (unpaired) electrons. The van der Waals surface area contributed by atoms with Crippen LogP contribution in [0.5, 0.6) is 0 Å². The largest absolute Gasteiger partial charge is 0.392 e. The minimum atomic E-state index is -1.11. The maximum atomic E-state index is 12.4. The average Bonchev–Trinajstić information content (AvgIpc) is 2.59. The summed E-state index contributed by atoms with van der Waals surface area (Å²) in [6, 6.07) is 14.5. The van der Waals surface area contributed by atoms with E-state index in [0.29, 0.717) is 17.9 Å². The van der Waals surface area contributed by atoms with Gasteiger partial charge in [0.2, 0.25) is 0 Å². The van der Waals surface area contributed by atoms with Crippen molar-refractivity contribution < 1.29 is 14.1 Å². The molecule has 1 unspecified atom stereocenters. The summed E-state index contributed by atoms with van der Waals surface area (Å²) < 4.78 is 12.2. The van der Waals surface area contributed by atoms with Crippen molar-refractivity contribution in [3.05, 3.63) is 65.2 Å². The Hall–Kier alpha value is -1.98. The van der Waals surface area contributed by atoms with Gasteiger partial charge in [0.05, 0.1) is 17.4 Å². The van der Waals surface area contributed by atoms with Gasteiger partial charge in [0.25, 0.3) is 5.91 Å². The van der Waals surface area contributed by atoms with Gasteiger partial charge < -0.3 is 10.0 Å². The van der Waals surface area contributed by atoms with Crippen LogP contribution in [0.25, 0.3) is 0 Å². The summed E-state index contributed by atoms with van der Waals surface area (Å²) in [5, 5.41) is 9.18. The molecule has 0 saturated heterocycles. The molecule has 2 rings (SSSR count). The maximum Gasteiger partial charge on any atom is 0.253 e. The molecule has 0 heterocycles. The number of aliphatic hydroxyl groups excluding tert-OH is 1. The summed E-state index contributed by atoms with van der Waals surface area (Å²) in [6.07, 6.45) is 0. The molecular formula is C18H21NO3S. The number of carbonyl (C=O) groups excluding carboxylic acids is 1. The summed E-state index contributed by atoms with van der Waals surface area (Å²) in [4.78, 5) is 14.8. The van der Waals surface area contributed by atoms with Gasteiger partial charge >= 0.3 is 0 Å².